The molecule has 0 aliphatic rings. The summed E-state index contributed by atoms with van der Waals surface area (Å²) >= 11 is 3.40. The summed E-state index contributed by atoms with van der Waals surface area (Å²) in [5.74, 6) is 0.450. The number of hydrogen-bond donors (Lipinski definition) is 2. The molecule has 0 unspecified atom stereocenters. The summed E-state index contributed by atoms with van der Waals surface area (Å²) in [6, 6.07) is 12.1. The van der Waals surface area contributed by atoms with Crippen LogP contribution in [0.3, 0.4) is 0 Å². The first-order chi connectivity index (χ1) is 13.9. The second-order valence-electron chi connectivity index (χ2n) is 6.98. The summed E-state index contributed by atoms with van der Waals surface area (Å²) in [5.41, 5.74) is 1.57. The Bertz CT molecular complexity index is 822. The maximum Gasteiger partial charge on any atom is 0.259 e. The molecule has 29 heavy (non-hydrogen) atoms. The lowest BCUT2D eigenvalue weighted by atomic mass is 10.1. The Hall–Kier alpha value is -2.38. The molecule has 0 saturated heterocycles. The van der Waals surface area contributed by atoms with E-state index in [0.717, 1.165) is 10.9 Å². The van der Waals surface area contributed by atoms with E-state index in [0.29, 0.717) is 48.2 Å². The lowest BCUT2D eigenvalue weighted by Crippen LogP contribution is -2.25. The Kier molecular flexibility index (Phi) is 9.15. The fraction of sp³-hybridized carbons (Fsp3) is 0.364. The Balaban J connectivity index is 2.02. The van der Waals surface area contributed by atoms with Crippen LogP contribution in [0.25, 0.3) is 0 Å². The van der Waals surface area contributed by atoms with Gasteiger partial charge in [0.1, 0.15) is 5.75 Å². The van der Waals surface area contributed by atoms with Crippen molar-refractivity contribution in [3.05, 3.63) is 58.1 Å². The molecule has 0 spiro atoms. The zero-order valence-electron chi connectivity index (χ0n) is 17.0. The molecule has 0 saturated carbocycles. The van der Waals surface area contributed by atoms with Crippen molar-refractivity contribution in [3.8, 4) is 5.75 Å². The summed E-state index contributed by atoms with van der Waals surface area (Å²) < 4.78 is 11.5. The number of halogens is 1. The van der Waals surface area contributed by atoms with E-state index in [1.165, 1.54) is 0 Å². The predicted octanol–water partition coefficient (Wildman–Crippen LogP) is 4.50. The van der Waals surface area contributed by atoms with Crippen molar-refractivity contribution in [3.63, 3.8) is 0 Å². The minimum absolute atomic E-state index is 0.157. The number of carbonyl (C=O) groups is 2. The lowest BCUT2D eigenvalue weighted by molar-refractivity contribution is 0.0948. The molecule has 156 valence electrons. The average Bonchev–Trinajstić information content (AvgIpc) is 2.70. The summed E-state index contributed by atoms with van der Waals surface area (Å²) in [5, 5.41) is 5.68. The van der Waals surface area contributed by atoms with E-state index in [-0.39, 0.29) is 11.8 Å². The molecule has 0 bridgehead atoms. The smallest absolute Gasteiger partial charge is 0.259 e. The van der Waals surface area contributed by atoms with Gasteiger partial charge < -0.3 is 20.1 Å². The fourth-order valence-corrected chi connectivity index (χ4v) is 2.85. The summed E-state index contributed by atoms with van der Waals surface area (Å²) in [6.45, 7) is 5.77. The maximum atomic E-state index is 12.8. The molecule has 7 heteroatoms. The van der Waals surface area contributed by atoms with Gasteiger partial charge in [0.2, 0.25) is 0 Å². The van der Waals surface area contributed by atoms with Crippen molar-refractivity contribution >= 4 is 33.4 Å². The van der Waals surface area contributed by atoms with Crippen LogP contribution >= 0.6 is 15.9 Å². The van der Waals surface area contributed by atoms with Gasteiger partial charge in [0.15, 0.2) is 0 Å². The number of methoxy groups -OCH3 is 1. The van der Waals surface area contributed by atoms with Crippen molar-refractivity contribution in [2.45, 2.75) is 20.3 Å². The largest absolute Gasteiger partial charge is 0.492 e. The zero-order valence-corrected chi connectivity index (χ0v) is 18.5. The molecule has 0 radical (unpaired) electrons. The Morgan fingerprint density at radius 2 is 1.79 bits per heavy atom. The number of amides is 2. The van der Waals surface area contributed by atoms with Crippen LogP contribution in [-0.4, -0.2) is 38.7 Å². The summed E-state index contributed by atoms with van der Waals surface area (Å²) in [7, 11) is 1.63. The molecule has 0 heterocycles. The molecule has 2 aromatic carbocycles. The third kappa shape index (κ3) is 7.51. The van der Waals surface area contributed by atoms with Crippen LogP contribution in [0.1, 0.15) is 41.0 Å². The standard InChI is InChI=1S/C22H27BrN2O4/c1-15(2)14-29-20-10-7-17(23)13-19(20)22(27)25-18-8-5-16(6-9-18)21(26)24-11-4-12-28-3/h5-10,13,15H,4,11-12,14H2,1-3H3,(H,24,26)(H,25,27). The van der Waals surface area contributed by atoms with Crippen LogP contribution in [0, 0.1) is 5.92 Å². The molecule has 0 atom stereocenters. The second kappa shape index (κ2) is 11.6. The Morgan fingerprint density at radius 1 is 1.07 bits per heavy atom. The molecule has 6 nitrogen and oxygen atoms in total. The first-order valence-corrected chi connectivity index (χ1v) is 10.3. The molecule has 0 aromatic heterocycles. The molecule has 2 amide bonds. The van der Waals surface area contributed by atoms with Crippen molar-refractivity contribution < 1.29 is 19.1 Å². The molecule has 0 aliphatic carbocycles. The highest BCUT2D eigenvalue weighted by Gasteiger charge is 2.15. The van der Waals surface area contributed by atoms with Crippen molar-refractivity contribution in [1.82, 2.24) is 5.32 Å². The van der Waals surface area contributed by atoms with Crippen molar-refractivity contribution in [2.75, 3.05) is 32.2 Å². The van der Waals surface area contributed by atoms with Crippen LogP contribution in [0.2, 0.25) is 0 Å². The molecule has 2 N–H and O–H groups in total. The third-order valence-corrected chi connectivity index (χ3v) is 4.47. The van der Waals surface area contributed by atoms with Gasteiger partial charge in [0.05, 0.1) is 12.2 Å². The first kappa shape index (κ1) is 22.9. The van der Waals surface area contributed by atoms with Gasteiger partial charge in [0, 0.05) is 36.0 Å². The number of nitrogens with one attached hydrogen (secondary N) is 2. The maximum absolute atomic E-state index is 12.8. The molecule has 2 rings (SSSR count). The van der Waals surface area contributed by atoms with Gasteiger partial charge >= 0.3 is 0 Å². The number of rotatable bonds is 10. The third-order valence-electron chi connectivity index (χ3n) is 3.97. The topological polar surface area (TPSA) is 76.7 Å². The van der Waals surface area contributed by atoms with Gasteiger partial charge in [-0.15, -0.1) is 0 Å². The minimum Gasteiger partial charge on any atom is -0.492 e. The number of anilines is 1. The van der Waals surface area contributed by atoms with E-state index in [4.69, 9.17) is 9.47 Å². The highest BCUT2D eigenvalue weighted by molar-refractivity contribution is 9.10. The fourth-order valence-electron chi connectivity index (χ4n) is 2.49. The van der Waals surface area contributed by atoms with E-state index >= 15 is 0 Å². The average molecular weight is 463 g/mol. The molecule has 2 aromatic rings. The highest BCUT2D eigenvalue weighted by atomic mass is 79.9. The van der Waals surface area contributed by atoms with Crippen molar-refractivity contribution in [2.24, 2.45) is 5.92 Å². The van der Waals surface area contributed by atoms with Crippen LogP contribution in [0.5, 0.6) is 5.75 Å². The van der Waals surface area contributed by atoms with Crippen LogP contribution < -0.4 is 15.4 Å². The SMILES string of the molecule is COCCCNC(=O)c1ccc(NC(=O)c2cc(Br)ccc2OCC(C)C)cc1. The monoisotopic (exact) mass is 462 g/mol. The van der Waals surface area contributed by atoms with Gasteiger partial charge in [-0.1, -0.05) is 29.8 Å². The number of hydrogen-bond acceptors (Lipinski definition) is 4. The van der Waals surface area contributed by atoms with Gasteiger partial charge in [0.25, 0.3) is 11.8 Å². The normalized spacial score (nSPS) is 10.7. The van der Waals surface area contributed by atoms with Crippen LogP contribution in [0.4, 0.5) is 5.69 Å². The van der Waals surface area contributed by atoms with E-state index in [1.807, 2.05) is 19.9 Å². The quantitative estimate of drug-likeness (QED) is 0.509. The highest BCUT2D eigenvalue weighted by Crippen LogP contribution is 2.25. The Labute approximate surface area is 180 Å². The number of benzene rings is 2. The summed E-state index contributed by atoms with van der Waals surface area (Å²) in [6.07, 6.45) is 0.754. The molecular formula is C22H27BrN2O4. The minimum atomic E-state index is -0.276. The Morgan fingerprint density at radius 3 is 2.45 bits per heavy atom. The second-order valence-corrected chi connectivity index (χ2v) is 7.89. The molecular weight excluding hydrogens is 436 g/mol. The van der Waals surface area contributed by atoms with Gasteiger partial charge in [-0.05, 0) is 54.8 Å². The zero-order chi connectivity index (χ0) is 21.2. The summed E-state index contributed by atoms with van der Waals surface area (Å²) in [4.78, 5) is 24.9. The number of carbonyl (C=O) groups excluding carboxylic acids is 2. The van der Waals surface area contributed by atoms with Gasteiger partial charge in [-0.2, -0.15) is 0 Å². The van der Waals surface area contributed by atoms with Crippen LogP contribution in [0.15, 0.2) is 46.9 Å². The lowest BCUT2D eigenvalue weighted by Gasteiger charge is -2.14. The van der Waals surface area contributed by atoms with E-state index < -0.39 is 0 Å². The van der Waals surface area contributed by atoms with Gasteiger partial charge in [-0.25, -0.2) is 0 Å². The van der Waals surface area contributed by atoms with Gasteiger partial charge in [-0.3, -0.25) is 9.59 Å². The van der Waals surface area contributed by atoms with Crippen molar-refractivity contribution in [1.29, 1.82) is 0 Å². The van der Waals surface area contributed by atoms with Crippen LogP contribution in [-0.2, 0) is 4.74 Å². The van der Waals surface area contributed by atoms with E-state index in [1.54, 1.807) is 43.5 Å². The predicted molar refractivity (Wildman–Crippen MR) is 118 cm³/mol. The molecule has 0 aliphatic heterocycles. The number of ether oxygens (including phenoxy) is 2. The first-order valence-electron chi connectivity index (χ1n) is 9.51. The van der Waals surface area contributed by atoms with E-state index in [2.05, 4.69) is 26.6 Å². The van der Waals surface area contributed by atoms with E-state index in [9.17, 15) is 9.59 Å². The molecule has 0 fully saturated rings.